The molecule has 2 aliphatic rings. The van der Waals surface area contributed by atoms with Crippen LogP contribution in [0.15, 0.2) is 34.4 Å². The normalized spacial score (nSPS) is 29.3. The molecule has 0 N–H and O–H groups in total. The molecule has 0 radical (unpaired) electrons. The van der Waals surface area contributed by atoms with E-state index in [-0.39, 0.29) is 39.9 Å². The lowest BCUT2D eigenvalue weighted by atomic mass is 10.1. The van der Waals surface area contributed by atoms with E-state index in [2.05, 4.69) is 6.58 Å². The maximum atomic E-state index is 12.4. The first kappa shape index (κ1) is 17.3. The largest absolute Gasteiger partial charge is 0.457 e. The van der Waals surface area contributed by atoms with Crippen LogP contribution in [0.25, 0.3) is 0 Å². The molecule has 0 bridgehead atoms. The van der Waals surface area contributed by atoms with Crippen molar-refractivity contribution in [3.05, 3.63) is 34.4 Å². The van der Waals surface area contributed by atoms with E-state index in [1.165, 1.54) is 0 Å². The fourth-order valence-electron chi connectivity index (χ4n) is 3.20. The van der Waals surface area contributed by atoms with Gasteiger partial charge < -0.3 is 4.74 Å². The molecule has 5 heteroatoms. The summed E-state index contributed by atoms with van der Waals surface area (Å²) >= 11 is 11.4. The molecule has 0 aliphatic heterocycles. The molecular formula is C17H20Cl2O3. The topological polar surface area (TPSA) is 43.4 Å². The molecule has 1 fully saturated rings. The first-order valence-electron chi connectivity index (χ1n) is 7.27. The maximum absolute atomic E-state index is 12.4. The van der Waals surface area contributed by atoms with Crippen LogP contribution in [-0.2, 0) is 14.3 Å². The number of Topliss-reactive ketones (excluding diaryl/α,β-unsaturated/α-hetero) is 1. The number of ether oxygens (including phenoxy) is 1. The van der Waals surface area contributed by atoms with Crippen LogP contribution < -0.4 is 0 Å². The highest BCUT2D eigenvalue weighted by molar-refractivity contribution is 6.55. The van der Waals surface area contributed by atoms with E-state index in [1.54, 1.807) is 12.2 Å². The highest BCUT2D eigenvalue weighted by Crippen LogP contribution is 2.60. The zero-order chi connectivity index (χ0) is 16.7. The fraction of sp³-hybridized carbons (Fsp3) is 0.529. The lowest BCUT2D eigenvalue weighted by Crippen LogP contribution is -2.20. The zero-order valence-corrected chi connectivity index (χ0v) is 14.5. The van der Waals surface area contributed by atoms with Crippen molar-refractivity contribution in [1.82, 2.24) is 0 Å². The van der Waals surface area contributed by atoms with Crippen LogP contribution in [0.1, 0.15) is 33.6 Å². The van der Waals surface area contributed by atoms with Crippen molar-refractivity contribution in [1.29, 1.82) is 0 Å². The number of hydrogen-bond donors (Lipinski definition) is 0. The number of halogens is 2. The molecule has 3 atom stereocenters. The Morgan fingerprint density at radius 1 is 1.45 bits per heavy atom. The molecule has 0 spiro atoms. The van der Waals surface area contributed by atoms with Gasteiger partial charge in [-0.25, -0.2) is 0 Å². The average molecular weight is 343 g/mol. The third kappa shape index (κ3) is 3.16. The molecule has 2 rings (SSSR count). The molecule has 120 valence electrons. The molecule has 3 unspecified atom stereocenters. The molecule has 0 heterocycles. The number of carbonyl (C=O) groups excluding carboxylic acids is 2. The van der Waals surface area contributed by atoms with E-state index in [4.69, 9.17) is 27.9 Å². The molecule has 2 aliphatic carbocycles. The number of ketones is 1. The second kappa shape index (κ2) is 6.21. The third-order valence-corrected chi connectivity index (χ3v) is 5.00. The summed E-state index contributed by atoms with van der Waals surface area (Å²) in [7, 11) is 0. The van der Waals surface area contributed by atoms with Crippen LogP contribution in [0.3, 0.4) is 0 Å². The minimum atomic E-state index is -0.456. The van der Waals surface area contributed by atoms with Gasteiger partial charge in [0.25, 0.3) is 0 Å². The SMILES string of the molecule is C=CCC1=C(C)C(OC(=O)C2C(C=C(Cl)Cl)C2(C)C)CC1=O. The lowest BCUT2D eigenvalue weighted by molar-refractivity contribution is -0.150. The predicted molar refractivity (Wildman–Crippen MR) is 87.6 cm³/mol. The molecular weight excluding hydrogens is 323 g/mol. The van der Waals surface area contributed by atoms with Crippen molar-refractivity contribution < 1.29 is 14.3 Å². The predicted octanol–water partition coefficient (Wildman–Crippen LogP) is 4.35. The van der Waals surface area contributed by atoms with Crippen molar-refractivity contribution in [2.24, 2.45) is 17.3 Å². The lowest BCUT2D eigenvalue weighted by Gasteiger charge is -2.13. The molecule has 0 aromatic rings. The molecule has 0 aromatic heterocycles. The number of hydrogen-bond acceptors (Lipinski definition) is 3. The van der Waals surface area contributed by atoms with E-state index in [9.17, 15) is 9.59 Å². The summed E-state index contributed by atoms with van der Waals surface area (Å²) in [6.07, 6.45) is 3.66. The van der Waals surface area contributed by atoms with Gasteiger partial charge >= 0.3 is 5.97 Å². The summed E-state index contributed by atoms with van der Waals surface area (Å²) in [6, 6.07) is 0. The second-order valence-electron chi connectivity index (χ2n) is 6.49. The van der Waals surface area contributed by atoms with Gasteiger partial charge in [-0.05, 0) is 36.3 Å². The Bertz CT molecular complexity index is 583. The maximum Gasteiger partial charge on any atom is 0.310 e. The first-order valence-corrected chi connectivity index (χ1v) is 8.02. The Kier molecular flexibility index (Phi) is 4.88. The van der Waals surface area contributed by atoms with Gasteiger partial charge in [-0.15, -0.1) is 6.58 Å². The van der Waals surface area contributed by atoms with Crippen molar-refractivity contribution >= 4 is 35.0 Å². The van der Waals surface area contributed by atoms with E-state index in [1.807, 2.05) is 20.8 Å². The molecule has 3 nitrogen and oxygen atoms in total. The average Bonchev–Trinajstić information content (AvgIpc) is 2.83. The Hall–Kier alpha value is -1.06. The number of allylic oxidation sites excluding steroid dienone is 3. The summed E-state index contributed by atoms with van der Waals surface area (Å²) in [6.45, 7) is 9.44. The van der Waals surface area contributed by atoms with Gasteiger partial charge in [-0.1, -0.05) is 43.1 Å². The minimum absolute atomic E-state index is 0.0287. The van der Waals surface area contributed by atoms with Gasteiger partial charge in [0.2, 0.25) is 0 Å². The fourth-order valence-corrected chi connectivity index (χ4v) is 3.47. The Balaban J connectivity index is 2.07. The van der Waals surface area contributed by atoms with Crippen molar-refractivity contribution in [3.8, 4) is 0 Å². The standard InChI is InChI=1S/C17H20Cl2O3/c1-5-6-10-9(2)13(8-12(10)20)22-16(21)15-11(7-14(18)19)17(15,3)4/h5,7,11,13,15H,1,6,8H2,2-4H3. The van der Waals surface area contributed by atoms with Crippen LogP contribution in [0.4, 0.5) is 0 Å². The molecule has 0 amide bonds. The Morgan fingerprint density at radius 2 is 2.09 bits per heavy atom. The quantitative estimate of drug-likeness (QED) is 0.550. The minimum Gasteiger partial charge on any atom is -0.457 e. The summed E-state index contributed by atoms with van der Waals surface area (Å²) in [5.41, 5.74) is 1.32. The van der Waals surface area contributed by atoms with Crippen molar-refractivity contribution in [2.75, 3.05) is 0 Å². The summed E-state index contributed by atoms with van der Waals surface area (Å²) in [5, 5.41) is 0. The van der Waals surface area contributed by atoms with Crippen LogP contribution in [-0.4, -0.2) is 17.9 Å². The summed E-state index contributed by atoms with van der Waals surface area (Å²) in [5.74, 6) is -0.561. The van der Waals surface area contributed by atoms with Gasteiger partial charge in [0, 0.05) is 5.57 Å². The van der Waals surface area contributed by atoms with E-state index < -0.39 is 6.10 Å². The monoisotopic (exact) mass is 342 g/mol. The van der Waals surface area contributed by atoms with Crippen LogP contribution in [0, 0.1) is 17.3 Å². The van der Waals surface area contributed by atoms with Gasteiger partial charge in [0.1, 0.15) is 10.6 Å². The first-order chi connectivity index (χ1) is 10.2. The number of carbonyl (C=O) groups is 2. The molecule has 0 aromatic carbocycles. The van der Waals surface area contributed by atoms with Crippen molar-refractivity contribution in [2.45, 2.75) is 39.7 Å². The number of rotatable bonds is 5. The number of esters is 1. The van der Waals surface area contributed by atoms with Crippen LogP contribution in [0.2, 0.25) is 0 Å². The summed E-state index contributed by atoms with van der Waals surface area (Å²) in [4.78, 5) is 24.3. The van der Waals surface area contributed by atoms with E-state index >= 15 is 0 Å². The zero-order valence-electron chi connectivity index (χ0n) is 13.0. The second-order valence-corrected chi connectivity index (χ2v) is 7.50. The van der Waals surface area contributed by atoms with Gasteiger partial charge in [-0.2, -0.15) is 0 Å². The van der Waals surface area contributed by atoms with E-state index in [0.717, 1.165) is 5.57 Å². The summed E-state index contributed by atoms with van der Waals surface area (Å²) < 4.78 is 5.74. The van der Waals surface area contributed by atoms with Crippen LogP contribution >= 0.6 is 23.2 Å². The van der Waals surface area contributed by atoms with Crippen molar-refractivity contribution in [3.63, 3.8) is 0 Å². The van der Waals surface area contributed by atoms with Gasteiger partial charge in [0.15, 0.2) is 5.78 Å². The third-order valence-electron chi connectivity index (χ3n) is 4.74. The Morgan fingerprint density at radius 3 is 2.64 bits per heavy atom. The Labute approximate surface area is 141 Å². The molecule has 0 saturated heterocycles. The molecule has 22 heavy (non-hydrogen) atoms. The van der Waals surface area contributed by atoms with Gasteiger partial charge in [-0.3, -0.25) is 9.59 Å². The molecule has 1 saturated carbocycles. The smallest absolute Gasteiger partial charge is 0.310 e. The van der Waals surface area contributed by atoms with Gasteiger partial charge in [0.05, 0.1) is 12.3 Å². The van der Waals surface area contributed by atoms with Crippen LogP contribution in [0.5, 0.6) is 0 Å². The highest BCUT2D eigenvalue weighted by atomic mass is 35.5. The highest BCUT2D eigenvalue weighted by Gasteiger charge is 2.62. The van der Waals surface area contributed by atoms with E-state index in [0.29, 0.717) is 12.0 Å².